The fraction of sp³-hybridized carbons (Fsp3) is 0.133. The number of nitriles is 1. The number of rotatable bonds is 3. The summed E-state index contributed by atoms with van der Waals surface area (Å²) in [6.45, 7) is 0. The zero-order valence-electron chi connectivity index (χ0n) is 9.61. The first kappa shape index (κ1) is 12.6. The minimum Gasteiger partial charge on any atom is -0.207 e. The molecule has 2 rings (SSSR count). The predicted octanol–water partition coefficient (Wildman–Crippen LogP) is 4.33. The lowest BCUT2D eigenvalue weighted by Gasteiger charge is -2.10. The minimum atomic E-state index is -0.479. The molecule has 0 aliphatic rings. The van der Waals surface area contributed by atoms with Crippen molar-refractivity contribution < 1.29 is 4.39 Å². The maximum atomic E-state index is 13.6. The molecule has 2 aromatic rings. The third-order valence-electron chi connectivity index (χ3n) is 2.79. The molecule has 3 heteroatoms. The van der Waals surface area contributed by atoms with Gasteiger partial charge in [-0.05, 0) is 30.2 Å². The lowest BCUT2D eigenvalue weighted by atomic mass is 9.93. The van der Waals surface area contributed by atoms with Gasteiger partial charge in [0.15, 0.2) is 0 Å². The van der Waals surface area contributed by atoms with Gasteiger partial charge in [-0.15, -0.1) is 0 Å². The Balaban J connectivity index is 2.23. The van der Waals surface area contributed by atoms with Gasteiger partial charge in [0, 0.05) is 10.6 Å². The van der Waals surface area contributed by atoms with Crippen molar-refractivity contribution >= 4 is 11.6 Å². The molecule has 0 radical (unpaired) electrons. The monoisotopic (exact) mass is 259 g/mol. The van der Waals surface area contributed by atoms with Gasteiger partial charge in [0.05, 0.1) is 12.0 Å². The molecule has 0 aromatic heterocycles. The van der Waals surface area contributed by atoms with Crippen LogP contribution in [0.15, 0.2) is 48.5 Å². The third kappa shape index (κ3) is 2.88. The smallest absolute Gasteiger partial charge is 0.127 e. The Morgan fingerprint density at radius 3 is 2.39 bits per heavy atom. The molecule has 0 saturated carbocycles. The zero-order valence-corrected chi connectivity index (χ0v) is 10.4. The molecular formula is C15H11ClFN. The topological polar surface area (TPSA) is 23.8 Å². The van der Waals surface area contributed by atoms with E-state index >= 15 is 0 Å². The number of benzene rings is 2. The Morgan fingerprint density at radius 1 is 1.11 bits per heavy atom. The lowest BCUT2D eigenvalue weighted by molar-refractivity contribution is 0.600. The molecule has 2 aromatic carbocycles. The van der Waals surface area contributed by atoms with Crippen molar-refractivity contribution in [3.63, 3.8) is 0 Å². The van der Waals surface area contributed by atoms with E-state index in [4.69, 9.17) is 11.6 Å². The maximum Gasteiger partial charge on any atom is 0.127 e. The summed E-state index contributed by atoms with van der Waals surface area (Å²) in [5.74, 6) is -0.814. The molecule has 1 unspecified atom stereocenters. The molecule has 0 heterocycles. The van der Waals surface area contributed by atoms with Crippen LogP contribution in [0.5, 0.6) is 0 Å². The molecule has 0 aliphatic carbocycles. The first-order valence-corrected chi connectivity index (χ1v) is 5.97. The van der Waals surface area contributed by atoms with Gasteiger partial charge in [-0.3, -0.25) is 0 Å². The summed E-state index contributed by atoms with van der Waals surface area (Å²) in [6, 6.07) is 15.8. The average molecular weight is 260 g/mol. The molecule has 1 atom stereocenters. The van der Waals surface area contributed by atoms with Crippen molar-refractivity contribution in [2.45, 2.75) is 12.3 Å². The number of nitrogens with zero attached hydrogens (tertiary/aromatic N) is 1. The molecule has 0 spiro atoms. The van der Waals surface area contributed by atoms with E-state index in [1.165, 1.54) is 6.07 Å². The Labute approximate surface area is 110 Å². The molecule has 0 bridgehead atoms. The van der Waals surface area contributed by atoms with Crippen molar-refractivity contribution in [3.8, 4) is 6.07 Å². The fourth-order valence-corrected chi connectivity index (χ4v) is 1.97. The molecule has 18 heavy (non-hydrogen) atoms. The summed E-state index contributed by atoms with van der Waals surface area (Å²) in [6.07, 6.45) is 0.481. The van der Waals surface area contributed by atoms with E-state index in [1.54, 1.807) is 30.3 Å². The van der Waals surface area contributed by atoms with Gasteiger partial charge in [-0.25, -0.2) is 4.39 Å². The molecule has 0 fully saturated rings. The maximum absolute atomic E-state index is 13.6. The van der Waals surface area contributed by atoms with Crippen LogP contribution < -0.4 is 0 Å². The number of hydrogen-bond donors (Lipinski definition) is 0. The minimum absolute atomic E-state index is 0.335. The van der Waals surface area contributed by atoms with Crippen LogP contribution in [0.2, 0.25) is 5.02 Å². The van der Waals surface area contributed by atoms with E-state index in [0.717, 1.165) is 5.56 Å². The van der Waals surface area contributed by atoms with E-state index in [0.29, 0.717) is 17.0 Å². The van der Waals surface area contributed by atoms with Crippen molar-refractivity contribution in [1.29, 1.82) is 5.26 Å². The molecular weight excluding hydrogens is 249 g/mol. The van der Waals surface area contributed by atoms with Crippen LogP contribution in [0.25, 0.3) is 0 Å². The van der Waals surface area contributed by atoms with Crippen LogP contribution in [-0.4, -0.2) is 0 Å². The highest BCUT2D eigenvalue weighted by Crippen LogP contribution is 2.23. The summed E-state index contributed by atoms with van der Waals surface area (Å²) >= 11 is 5.80. The highest BCUT2D eigenvalue weighted by atomic mass is 35.5. The molecule has 0 amide bonds. The summed E-state index contributed by atoms with van der Waals surface area (Å²) < 4.78 is 13.6. The highest BCUT2D eigenvalue weighted by Gasteiger charge is 2.15. The standard InChI is InChI=1S/C15H11ClFN/c16-13-7-5-11(6-8-13)9-12(10-18)14-3-1-2-4-15(14)17/h1-8,12H,9H2. The van der Waals surface area contributed by atoms with Crippen molar-refractivity contribution in [1.82, 2.24) is 0 Å². The van der Waals surface area contributed by atoms with Gasteiger partial charge in [0.2, 0.25) is 0 Å². The Morgan fingerprint density at radius 2 is 1.78 bits per heavy atom. The van der Waals surface area contributed by atoms with Gasteiger partial charge in [-0.1, -0.05) is 41.9 Å². The van der Waals surface area contributed by atoms with Crippen LogP contribution in [0.1, 0.15) is 17.0 Å². The molecule has 1 nitrogen and oxygen atoms in total. The Kier molecular flexibility index (Phi) is 3.96. The third-order valence-corrected chi connectivity index (χ3v) is 3.04. The van der Waals surface area contributed by atoms with Gasteiger partial charge in [-0.2, -0.15) is 5.26 Å². The van der Waals surface area contributed by atoms with Crippen molar-refractivity contribution in [2.75, 3.05) is 0 Å². The summed E-state index contributed by atoms with van der Waals surface area (Å²) in [4.78, 5) is 0. The first-order chi connectivity index (χ1) is 8.70. The van der Waals surface area contributed by atoms with Crippen LogP contribution in [0, 0.1) is 17.1 Å². The van der Waals surface area contributed by atoms with Gasteiger partial charge >= 0.3 is 0 Å². The van der Waals surface area contributed by atoms with E-state index in [9.17, 15) is 9.65 Å². The second kappa shape index (κ2) is 5.66. The SMILES string of the molecule is N#CC(Cc1ccc(Cl)cc1)c1ccccc1F. The summed E-state index contributed by atoms with van der Waals surface area (Å²) in [5, 5.41) is 9.83. The zero-order chi connectivity index (χ0) is 13.0. The van der Waals surface area contributed by atoms with Crippen molar-refractivity contribution in [3.05, 3.63) is 70.5 Å². The average Bonchev–Trinajstić information content (AvgIpc) is 2.39. The van der Waals surface area contributed by atoms with Crippen LogP contribution in [0.3, 0.4) is 0 Å². The Hall–Kier alpha value is -1.85. The molecule has 0 N–H and O–H groups in total. The van der Waals surface area contributed by atoms with Crippen LogP contribution in [-0.2, 0) is 6.42 Å². The van der Waals surface area contributed by atoms with Crippen LogP contribution in [0.4, 0.5) is 4.39 Å². The van der Waals surface area contributed by atoms with Crippen molar-refractivity contribution in [2.24, 2.45) is 0 Å². The van der Waals surface area contributed by atoms with E-state index in [-0.39, 0.29) is 5.82 Å². The number of halogens is 2. The quantitative estimate of drug-likeness (QED) is 0.805. The fourth-order valence-electron chi connectivity index (χ4n) is 1.84. The van der Waals surface area contributed by atoms with E-state index in [1.807, 2.05) is 12.1 Å². The van der Waals surface area contributed by atoms with E-state index < -0.39 is 5.92 Å². The van der Waals surface area contributed by atoms with Gasteiger partial charge in [0.25, 0.3) is 0 Å². The summed E-state index contributed by atoms with van der Waals surface area (Å²) in [7, 11) is 0. The number of hydrogen-bond acceptors (Lipinski definition) is 1. The summed E-state index contributed by atoms with van der Waals surface area (Å²) in [5.41, 5.74) is 1.41. The lowest BCUT2D eigenvalue weighted by Crippen LogP contribution is -2.03. The molecule has 0 aliphatic heterocycles. The second-order valence-electron chi connectivity index (χ2n) is 4.03. The highest BCUT2D eigenvalue weighted by molar-refractivity contribution is 6.30. The second-order valence-corrected chi connectivity index (χ2v) is 4.47. The van der Waals surface area contributed by atoms with Gasteiger partial charge in [0.1, 0.15) is 5.82 Å². The molecule has 90 valence electrons. The first-order valence-electron chi connectivity index (χ1n) is 5.59. The predicted molar refractivity (Wildman–Crippen MR) is 69.9 cm³/mol. The van der Waals surface area contributed by atoms with Gasteiger partial charge < -0.3 is 0 Å². The normalized spacial score (nSPS) is 11.8. The van der Waals surface area contributed by atoms with E-state index in [2.05, 4.69) is 6.07 Å². The Bertz CT molecular complexity index is 572. The van der Waals surface area contributed by atoms with Crippen LogP contribution >= 0.6 is 11.6 Å². The largest absolute Gasteiger partial charge is 0.207 e. The molecule has 0 saturated heterocycles.